The Labute approximate surface area is 111 Å². The molecule has 2 nitrogen and oxygen atoms in total. The van der Waals surface area contributed by atoms with Crippen molar-refractivity contribution in [1.82, 2.24) is 0 Å². The van der Waals surface area contributed by atoms with Crippen molar-refractivity contribution >= 4 is 0 Å². The quantitative estimate of drug-likeness (QED) is 0.879. The monoisotopic (exact) mass is 247 g/mol. The van der Waals surface area contributed by atoms with Crippen molar-refractivity contribution in [2.24, 2.45) is 11.7 Å². The zero-order valence-corrected chi connectivity index (χ0v) is 11.8. The summed E-state index contributed by atoms with van der Waals surface area (Å²) in [6, 6.07) is 4.59. The second kappa shape index (κ2) is 5.75. The van der Waals surface area contributed by atoms with E-state index in [-0.39, 0.29) is 6.04 Å². The molecular formula is C16H25NO. The van der Waals surface area contributed by atoms with Gasteiger partial charge in [0.05, 0.1) is 7.11 Å². The summed E-state index contributed by atoms with van der Waals surface area (Å²) in [7, 11) is 1.73. The average Bonchev–Trinajstić information content (AvgIpc) is 2.38. The third-order valence-corrected chi connectivity index (χ3v) is 4.23. The molecule has 0 bridgehead atoms. The maximum Gasteiger partial charge on any atom is 0.124 e. The Morgan fingerprint density at radius 3 is 2.17 bits per heavy atom. The summed E-state index contributed by atoms with van der Waals surface area (Å²) in [5.74, 6) is 1.65. The summed E-state index contributed by atoms with van der Waals surface area (Å²) < 4.78 is 5.42. The first-order valence-electron chi connectivity index (χ1n) is 7.04. The van der Waals surface area contributed by atoms with Crippen LogP contribution in [0.3, 0.4) is 0 Å². The lowest BCUT2D eigenvalue weighted by Gasteiger charge is -2.28. The lowest BCUT2D eigenvalue weighted by molar-refractivity contribution is 0.308. The van der Waals surface area contributed by atoms with Gasteiger partial charge in [0, 0.05) is 6.04 Å². The molecule has 1 saturated carbocycles. The zero-order valence-electron chi connectivity index (χ0n) is 11.8. The average molecular weight is 247 g/mol. The van der Waals surface area contributed by atoms with Crippen molar-refractivity contribution in [3.63, 3.8) is 0 Å². The molecule has 1 unspecified atom stereocenters. The Balaban J connectivity index is 2.22. The van der Waals surface area contributed by atoms with Crippen LogP contribution in [0.2, 0.25) is 0 Å². The van der Waals surface area contributed by atoms with Gasteiger partial charge in [-0.25, -0.2) is 0 Å². The highest BCUT2D eigenvalue weighted by Gasteiger charge is 2.22. The number of hydrogen-bond acceptors (Lipinski definition) is 2. The Kier molecular flexibility index (Phi) is 4.28. The number of aryl methyl sites for hydroxylation is 2. The molecule has 2 rings (SSSR count). The van der Waals surface area contributed by atoms with E-state index in [2.05, 4.69) is 26.0 Å². The highest BCUT2D eigenvalue weighted by molar-refractivity contribution is 5.44. The fourth-order valence-electron chi connectivity index (χ4n) is 3.26. The van der Waals surface area contributed by atoms with Crippen molar-refractivity contribution in [1.29, 1.82) is 0 Å². The van der Waals surface area contributed by atoms with E-state index in [0.29, 0.717) is 5.92 Å². The van der Waals surface area contributed by atoms with Gasteiger partial charge in [-0.3, -0.25) is 0 Å². The molecule has 2 heteroatoms. The van der Waals surface area contributed by atoms with Crippen LogP contribution in [0.1, 0.15) is 54.8 Å². The molecule has 1 aromatic carbocycles. The molecule has 0 amide bonds. The molecular weight excluding hydrogens is 222 g/mol. The molecule has 0 saturated heterocycles. The first kappa shape index (κ1) is 13.4. The van der Waals surface area contributed by atoms with Crippen LogP contribution in [0.25, 0.3) is 0 Å². The highest BCUT2D eigenvalue weighted by atomic mass is 16.5. The molecule has 1 aliphatic rings. The fourth-order valence-corrected chi connectivity index (χ4v) is 3.26. The minimum Gasteiger partial charge on any atom is -0.496 e. The molecule has 1 atom stereocenters. The summed E-state index contributed by atoms with van der Waals surface area (Å²) in [4.78, 5) is 0. The smallest absolute Gasteiger partial charge is 0.124 e. The van der Waals surface area contributed by atoms with Crippen LogP contribution in [0.15, 0.2) is 12.1 Å². The molecule has 0 heterocycles. The van der Waals surface area contributed by atoms with E-state index < -0.39 is 0 Å². The molecule has 1 aromatic rings. The fraction of sp³-hybridized carbons (Fsp3) is 0.625. The van der Waals surface area contributed by atoms with Crippen LogP contribution < -0.4 is 10.5 Å². The molecule has 18 heavy (non-hydrogen) atoms. The maximum atomic E-state index is 6.46. The van der Waals surface area contributed by atoms with Gasteiger partial charge in [-0.05, 0) is 49.3 Å². The van der Waals surface area contributed by atoms with Crippen molar-refractivity contribution in [3.8, 4) is 5.75 Å². The first-order chi connectivity index (χ1) is 8.63. The largest absolute Gasteiger partial charge is 0.496 e. The minimum absolute atomic E-state index is 0.189. The first-order valence-corrected chi connectivity index (χ1v) is 7.04. The lowest BCUT2D eigenvalue weighted by Crippen LogP contribution is -2.23. The number of ether oxygens (including phenoxy) is 1. The van der Waals surface area contributed by atoms with Gasteiger partial charge in [-0.15, -0.1) is 0 Å². The van der Waals surface area contributed by atoms with E-state index in [9.17, 15) is 0 Å². The van der Waals surface area contributed by atoms with Gasteiger partial charge in [-0.2, -0.15) is 0 Å². The van der Waals surface area contributed by atoms with Crippen LogP contribution in [-0.2, 0) is 0 Å². The van der Waals surface area contributed by atoms with Gasteiger partial charge in [0.15, 0.2) is 0 Å². The van der Waals surface area contributed by atoms with E-state index >= 15 is 0 Å². The van der Waals surface area contributed by atoms with Crippen molar-refractivity contribution in [2.75, 3.05) is 7.11 Å². The van der Waals surface area contributed by atoms with Crippen molar-refractivity contribution in [3.05, 3.63) is 28.8 Å². The van der Waals surface area contributed by atoms with Gasteiger partial charge < -0.3 is 10.5 Å². The third kappa shape index (κ3) is 2.69. The second-order valence-electron chi connectivity index (χ2n) is 5.61. The molecule has 1 fully saturated rings. The standard InChI is InChI=1S/C16H25NO/c1-11-9-14(10-12(2)16(11)18-3)15(17)13-7-5-4-6-8-13/h9-10,13,15H,4-8,17H2,1-3H3. The molecule has 100 valence electrons. The number of benzene rings is 1. The van der Waals surface area contributed by atoms with Gasteiger partial charge in [0.25, 0.3) is 0 Å². The Morgan fingerprint density at radius 2 is 1.67 bits per heavy atom. The van der Waals surface area contributed by atoms with Crippen LogP contribution in [-0.4, -0.2) is 7.11 Å². The summed E-state index contributed by atoms with van der Waals surface area (Å²) in [5.41, 5.74) is 10.1. The Bertz CT molecular complexity index is 385. The topological polar surface area (TPSA) is 35.2 Å². The predicted molar refractivity (Wildman–Crippen MR) is 76.0 cm³/mol. The Hall–Kier alpha value is -1.02. The van der Waals surface area contributed by atoms with Gasteiger partial charge in [-0.1, -0.05) is 31.4 Å². The molecule has 0 radical (unpaired) electrons. The number of hydrogen-bond donors (Lipinski definition) is 1. The summed E-state index contributed by atoms with van der Waals surface area (Å²) >= 11 is 0. The molecule has 1 aliphatic carbocycles. The number of methoxy groups -OCH3 is 1. The zero-order chi connectivity index (χ0) is 13.1. The molecule has 0 spiro atoms. The van der Waals surface area contributed by atoms with E-state index in [4.69, 9.17) is 10.5 Å². The van der Waals surface area contributed by atoms with E-state index in [1.165, 1.54) is 48.8 Å². The second-order valence-corrected chi connectivity index (χ2v) is 5.61. The van der Waals surface area contributed by atoms with E-state index in [1.54, 1.807) is 7.11 Å². The van der Waals surface area contributed by atoms with Crippen LogP contribution >= 0.6 is 0 Å². The van der Waals surface area contributed by atoms with Crippen molar-refractivity contribution < 1.29 is 4.74 Å². The van der Waals surface area contributed by atoms with E-state index in [0.717, 1.165) is 5.75 Å². The summed E-state index contributed by atoms with van der Waals surface area (Å²) in [5, 5.41) is 0. The normalized spacial score (nSPS) is 18.7. The molecule has 2 N–H and O–H groups in total. The molecule has 0 aromatic heterocycles. The Morgan fingerprint density at radius 1 is 1.11 bits per heavy atom. The molecule has 0 aliphatic heterocycles. The maximum absolute atomic E-state index is 6.46. The predicted octanol–water partition coefficient (Wildman–Crippen LogP) is 3.89. The van der Waals surface area contributed by atoms with Gasteiger partial charge >= 0.3 is 0 Å². The number of nitrogens with two attached hydrogens (primary N) is 1. The highest BCUT2D eigenvalue weighted by Crippen LogP contribution is 2.35. The van der Waals surface area contributed by atoms with E-state index in [1.807, 2.05) is 0 Å². The SMILES string of the molecule is COc1c(C)cc(C(N)C2CCCCC2)cc1C. The summed E-state index contributed by atoms with van der Waals surface area (Å²) in [6.45, 7) is 4.20. The minimum atomic E-state index is 0.189. The number of rotatable bonds is 3. The lowest BCUT2D eigenvalue weighted by atomic mass is 9.81. The third-order valence-electron chi connectivity index (χ3n) is 4.23. The van der Waals surface area contributed by atoms with Crippen molar-refractivity contribution in [2.45, 2.75) is 52.0 Å². The van der Waals surface area contributed by atoms with Gasteiger partial charge in [0.1, 0.15) is 5.75 Å². The van der Waals surface area contributed by atoms with Crippen LogP contribution in [0.4, 0.5) is 0 Å². The summed E-state index contributed by atoms with van der Waals surface area (Å²) in [6.07, 6.45) is 6.62. The van der Waals surface area contributed by atoms with Gasteiger partial charge in [0.2, 0.25) is 0 Å². The van der Waals surface area contributed by atoms with Crippen LogP contribution in [0.5, 0.6) is 5.75 Å². The van der Waals surface area contributed by atoms with Crippen LogP contribution in [0, 0.1) is 19.8 Å².